The number of amides is 2. The number of hydrogen-bond donors (Lipinski definition) is 2. The Kier molecular flexibility index (Phi) is 7.19. The van der Waals surface area contributed by atoms with E-state index in [0.717, 1.165) is 29.6 Å². The predicted molar refractivity (Wildman–Crippen MR) is 120 cm³/mol. The molecule has 1 aromatic carbocycles. The number of urea groups is 1. The van der Waals surface area contributed by atoms with E-state index in [9.17, 15) is 18.7 Å². The van der Waals surface area contributed by atoms with Gasteiger partial charge >= 0.3 is 6.03 Å². The van der Waals surface area contributed by atoms with E-state index in [0.29, 0.717) is 50.6 Å². The Hall–Kier alpha value is -2.65. The summed E-state index contributed by atoms with van der Waals surface area (Å²) in [6, 6.07) is 3.40. The average molecular weight is 460 g/mol. The topological polar surface area (TPSA) is 81.6 Å². The van der Waals surface area contributed by atoms with E-state index in [1.165, 1.54) is 6.07 Å². The lowest BCUT2D eigenvalue weighted by Crippen LogP contribution is -2.49. The Balaban J connectivity index is 1.47. The Bertz CT molecular complexity index is 1000. The molecule has 9 heteroatoms. The third-order valence-corrected chi connectivity index (χ3v) is 6.37. The van der Waals surface area contributed by atoms with Crippen molar-refractivity contribution in [3.8, 4) is 0 Å². The van der Waals surface area contributed by atoms with Crippen molar-refractivity contribution < 1.29 is 18.7 Å². The van der Waals surface area contributed by atoms with E-state index in [4.69, 9.17) is 0 Å². The highest BCUT2D eigenvalue weighted by atomic mass is 19.2. The average Bonchev–Trinajstić information content (AvgIpc) is 3.17. The van der Waals surface area contributed by atoms with Crippen molar-refractivity contribution in [3.05, 3.63) is 58.7 Å². The number of aliphatic hydroxyl groups excluding tert-OH is 1. The van der Waals surface area contributed by atoms with Crippen molar-refractivity contribution in [1.29, 1.82) is 0 Å². The zero-order valence-electron chi connectivity index (χ0n) is 19.1. The number of nitrogens with zero attached hydrogens (tertiary/aromatic N) is 4. The summed E-state index contributed by atoms with van der Waals surface area (Å²) < 4.78 is 27.3. The number of fused-ring (bicyclic) bond motifs is 1. The second kappa shape index (κ2) is 10.1. The molecule has 2 N–H and O–H groups in total. The highest BCUT2D eigenvalue weighted by molar-refractivity contribution is 5.75. The fraction of sp³-hybridized carbons (Fsp3) is 0.542. The number of hydrogen-bond acceptors (Lipinski definition) is 5. The van der Waals surface area contributed by atoms with Gasteiger partial charge in [-0.15, -0.1) is 0 Å². The maximum atomic E-state index is 13.9. The van der Waals surface area contributed by atoms with Crippen LogP contribution in [0.3, 0.4) is 0 Å². The van der Waals surface area contributed by atoms with Gasteiger partial charge in [0, 0.05) is 44.7 Å². The fourth-order valence-electron chi connectivity index (χ4n) is 4.67. The van der Waals surface area contributed by atoms with Crippen molar-refractivity contribution in [3.63, 3.8) is 0 Å². The summed E-state index contributed by atoms with van der Waals surface area (Å²) in [5.41, 5.74) is 2.59. The monoisotopic (exact) mass is 459 g/mol. The summed E-state index contributed by atoms with van der Waals surface area (Å²) in [5, 5.41) is 12.4. The van der Waals surface area contributed by atoms with E-state index in [-0.39, 0.29) is 24.6 Å². The van der Waals surface area contributed by atoms with Gasteiger partial charge in [-0.25, -0.2) is 23.5 Å². The summed E-state index contributed by atoms with van der Waals surface area (Å²) in [5.74, 6) is -0.755. The summed E-state index contributed by atoms with van der Waals surface area (Å²) in [6.45, 7) is 6.74. The fourth-order valence-corrected chi connectivity index (χ4v) is 4.67. The highest BCUT2D eigenvalue weighted by Gasteiger charge is 2.36. The lowest BCUT2D eigenvalue weighted by Gasteiger charge is -2.30. The normalized spacial score (nSPS) is 20.8. The molecule has 7 nitrogen and oxygen atoms in total. The van der Waals surface area contributed by atoms with Gasteiger partial charge in [0.05, 0.1) is 24.9 Å². The number of benzene rings is 1. The van der Waals surface area contributed by atoms with E-state index in [2.05, 4.69) is 29.1 Å². The largest absolute Gasteiger partial charge is 0.395 e. The van der Waals surface area contributed by atoms with Crippen LogP contribution in [0.4, 0.5) is 13.6 Å². The molecule has 2 aliphatic rings. The minimum absolute atomic E-state index is 0.00745. The van der Waals surface area contributed by atoms with Crippen molar-refractivity contribution in [2.45, 2.75) is 45.2 Å². The van der Waals surface area contributed by atoms with Crippen LogP contribution in [0, 0.1) is 17.6 Å². The van der Waals surface area contributed by atoms with Crippen molar-refractivity contribution in [2.75, 3.05) is 32.8 Å². The molecular formula is C24H31F2N5O2. The van der Waals surface area contributed by atoms with Crippen LogP contribution in [0.5, 0.6) is 0 Å². The Morgan fingerprint density at radius 2 is 2.09 bits per heavy atom. The highest BCUT2D eigenvalue weighted by Crippen LogP contribution is 2.29. The molecule has 178 valence electrons. The number of β-amino-alcohol motifs (C(OH)–C–C–N with tert-alkyl or cyclic N) is 1. The second-order valence-electron chi connectivity index (χ2n) is 9.35. The summed E-state index contributed by atoms with van der Waals surface area (Å²) in [4.78, 5) is 26.1. The van der Waals surface area contributed by atoms with Gasteiger partial charge in [0.1, 0.15) is 5.82 Å². The zero-order valence-corrected chi connectivity index (χ0v) is 19.1. The third-order valence-electron chi connectivity index (χ3n) is 6.37. The van der Waals surface area contributed by atoms with Crippen LogP contribution in [-0.4, -0.2) is 69.7 Å². The molecule has 0 unspecified atom stereocenters. The molecule has 3 heterocycles. The lowest BCUT2D eigenvalue weighted by molar-refractivity contribution is 0.185. The standard InChI is InChI=1S/C24H31F2N5O2/c1-15(2)9-23-27-11-17-5-6-31(14-21(17)28-23)24(33)29-22-13-30(7-8-32)12-18(22)16-3-4-19(25)20(26)10-16/h3-4,10-11,15,18,22,32H,5-9,12-14H2,1-2H3,(H,29,33)/t18-,22+/m0/s1. The first-order valence-corrected chi connectivity index (χ1v) is 11.5. The van der Waals surface area contributed by atoms with Gasteiger partial charge in [0.15, 0.2) is 11.6 Å². The van der Waals surface area contributed by atoms with Gasteiger partial charge < -0.3 is 15.3 Å². The van der Waals surface area contributed by atoms with E-state index in [1.807, 2.05) is 11.1 Å². The van der Waals surface area contributed by atoms with E-state index in [1.54, 1.807) is 11.0 Å². The number of nitrogens with one attached hydrogen (secondary N) is 1. The van der Waals surface area contributed by atoms with Crippen LogP contribution >= 0.6 is 0 Å². The molecular weight excluding hydrogens is 428 g/mol. The number of likely N-dealkylation sites (tertiary alicyclic amines) is 1. The first kappa shape index (κ1) is 23.5. The third kappa shape index (κ3) is 5.47. The first-order valence-electron chi connectivity index (χ1n) is 11.5. The quantitative estimate of drug-likeness (QED) is 0.694. The Morgan fingerprint density at radius 1 is 1.27 bits per heavy atom. The van der Waals surface area contributed by atoms with Crippen LogP contribution in [0.2, 0.25) is 0 Å². The number of carbonyl (C=O) groups is 1. The number of aliphatic hydroxyl groups is 1. The number of halogens is 2. The number of carbonyl (C=O) groups excluding carboxylic acids is 1. The van der Waals surface area contributed by atoms with Crippen LogP contribution in [0.15, 0.2) is 24.4 Å². The van der Waals surface area contributed by atoms with Crippen molar-refractivity contribution in [1.82, 2.24) is 25.1 Å². The molecule has 0 aliphatic carbocycles. The number of rotatable bonds is 6. The minimum atomic E-state index is -0.900. The van der Waals surface area contributed by atoms with Gasteiger partial charge in [-0.2, -0.15) is 0 Å². The molecule has 0 saturated carbocycles. The smallest absolute Gasteiger partial charge is 0.318 e. The second-order valence-corrected chi connectivity index (χ2v) is 9.35. The molecule has 33 heavy (non-hydrogen) atoms. The lowest BCUT2D eigenvalue weighted by atomic mass is 9.94. The van der Waals surface area contributed by atoms with Gasteiger partial charge in [0.2, 0.25) is 0 Å². The maximum absolute atomic E-state index is 13.9. The molecule has 2 aliphatic heterocycles. The number of aromatic nitrogens is 2. The SMILES string of the molecule is CC(C)Cc1ncc2c(n1)CN(C(=O)N[C@@H]1CN(CCO)C[C@H]1c1ccc(F)c(F)c1)CC2. The van der Waals surface area contributed by atoms with Gasteiger partial charge in [-0.1, -0.05) is 19.9 Å². The van der Waals surface area contributed by atoms with E-state index < -0.39 is 11.6 Å². The summed E-state index contributed by atoms with van der Waals surface area (Å²) in [6.07, 6.45) is 3.36. The Labute approximate surface area is 192 Å². The predicted octanol–water partition coefficient (Wildman–Crippen LogP) is 2.48. The van der Waals surface area contributed by atoms with Gasteiger partial charge in [0.25, 0.3) is 0 Å². The minimum Gasteiger partial charge on any atom is -0.395 e. The van der Waals surface area contributed by atoms with Crippen LogP contribution in [-0.2, 0) is 19.4 Å². The van der Waals surface area contributed by atoms with Crippen LogP contribution < -0.4 is 5.32 Å². The van der Waals surface area contributed by atoms with Crippen molar-refractivity contribution in [2.24, 2.45) is 5.92 Å². The Morgan fingerprint density at radius 3 is 2.82 bits per heavy atom. The van der Waals surface area contributed by atoms with Gasteiger partial charge in [-0.05, 0) is 35.6 Å². The molecule has 2 amide bonds. The summed E-state index contributed by atoms with van der Waals surface area (Å²) >= 11 is 0. The molecule has 1 fully saturated rings. The molecule has 0 radical (unpaired) electrons. The summed E-state index contributed by atoms with van der Waals surface area (Å²) in [7, 11) is 0. The van der Waals surface area contributed by atoms with Crippen LogP contribution in [0.25, 0.3) is 0 Å². The van der Waals surface area contributed by atoms with Crippen LogP contribution in [0.1, 0.15) is 42.4 Å². The molecule has 1 aromatic heterocycles. The van der Waals surface area contributed by atoms with Gasteiger partial charge in [-0.3, -0.25) is 4.90 Å². The molecule has 0 bridgehead atoms. The molecule has 2 aromatic rings. The van der Waals surface area contributed by atoms with E-state index >= 15 is 0 Å². The molecule has 0 spiro atoms. The molecule has 2 atom stereocenters. The molecule has 1 saturated heterocycles. The maximum Gasteiger partial charge on any atom is 0.318 e. The zero-order chi connectivity index (χ0) is 23.5. The molecule has 4 rings (SSSR count). The first-order chi connectivity index (χ1) is 15.8. The van der Waals surface area contributed by atoms with Crippen molar-refractivity contribution >= 4 is 6.03 Å².